The Morgan fingerprint density at radius 1 is 1.00 bits per heavy atom. The minimum atomic E-state index is -3.36. The molecule has 1 heterocycles. The maximum Gasteiger partial charge on any atom is 0.253 e. The van der Waals surface area contributed by atoms with Crippen molar-refractivity contribution in [3.63, 3.8) is 0 Å². The van der Waals surface area contributed by atoms with Gasteiger partial charge in [0.1, 0.15) is 0 Å². The van der Waals surface area contributed by atoms with Crippen molar-refractivity contribution >= 4 is 27.3 Å². The minimum absolute atomic E-state index is 0.0541. The van der Waals surface area contributed by atoms with Crippen LogP contribution in [0.5, 0.6) is 0 Å². The van der Waals surface area contributed by atoms with Crippen LogP contribution in [0.1, 0.15) is 27.6 Å². The van der Waals surface area contributed by atoms with Crippen LogP contribution < -0.4 is 0 Å². The van der Waals surface area contributed by atoms with Crippen LogP contribution in [-0.2, 0) is 9.84 Å². The minimum Gasteiger partial charge on any atom is -0.338 e. The summed E-state index contributed by atoms with van der Waals surface area (Å²) in [5.74, 6) is -0.188. The summed E-state index contributed by atoms with van der Waals surface area (Å²) in [5.41, 5.74) is 1.19. The lowest BCUT2D eigenvalue weighted by atomic mass is 10.1. The Morgan fingerprint density at radius 3 is 2.38 bits per heavy atom. The van der Waals surface area contributed by atoms with Gasteiger partial charge < -0.3 is 4.90 Å². The summed E-state index contributed by atoms with van der Waals surface area (Å²) in [5, 5.41) is -0.214. The van der Waals surface area contributed by atoms with Crippen molar-refractivity contribution in [1.82, 2.24) is 4.90 Å². The summed E-state index contributed by atoms with van der Waals surface area (Å²) >= 11 is 6.19. The van der Waals surface area contributed by atoms with Gasteiger partial charge in [0, 0.05) is 23.7 Å². The fourth-order valence-electron chi connectivity index (χ4n) is 3.00. The molecule has 126 valence electrons. The molecule has 6 heteroatoms. The van der Waals surface area contributed by atoms with E-state index in [1.165, 1.54) is 0 Å². The number of benzene rings is 2. The molecule has 1 unspecified atom stereocenters. The molecule has 2 aromatic carbocycles. The van der Waals surface area contributed by atoms with Crippen LogP contribution in [0, 0.1) is 0 Å². The number of carbonyl (C=O) groups is 1. The van der Waals surface area contributed by atoms with E-state index in [1.807, 2.05) is 6.07 Å². The average Bonchev–Trinajstić information content (AvgIpc) is 2.74. The molecule has 0 N–H and O–H groups in total. The van der Waals surface area contributed by atoms with Crippen molar-refractivity contribution in [3.05, 3.63) is 70.7 Å². The zero-order valence-electron chi connectivity index (χ0n) is 13.1. The summed E-state index contributed by atoms with van der Waals surface area (Å²) < 4.78 is 25.3. The van der Waals surface area contributed by atoms with Gasteiger partial charge in [-0.3, -0.25) is 4.79 Å². The Labute approximate surface area is 147 Å². The maximum atomic E-state index is 12.7. The second kappa shape index (κ2) is 6.95. The van der Waals surface area contributed by atoms with Crippen LogP contribution in [0.2, 0.25) is 5.02 Å². The van der Waals surface area contributed by atoms with Gasteiger partial charge in [0.15, 0.2) is 9.84 Å². The highest BCUT2D eigenvalue weighted by Gasteiger charge is 2.33. The maximum absolute atomic E-state index is 12.7. The molecule has 24 heavy (non-hydrogen) atoms. The number of carbonyl (C=O) groups excluding carboxylic acids is 1. The molecule has 2 aromatic rings. The molecular formula is C18H18ClNO3S. The van der Waals surface area contributed by atoms with Gasteiger partial charge >= 0.3 is 0 Å². The summed E-state index contributed by atoms with van der Waals surface area (Å²) in [6.45, 7) is 0.597. The van der Waals surface area contributed by atoms with E-state index in [0.717, 1.165) is 0 Å². The fraction of sp³-hybridized carbons (Fsp3) is 0.278. The molecule has 1 saturated heterocycles. The molecule has 0 aliphatic carbocycles. The smallest absolute Gasteiger partial charge is 0.253 e. The largest absolute Gasteiger partial charge is 0.338 e. The second-order valence-electron chi connectivity index (χ2n) is 5.82. The first-order valence-corrected chi connectivity index (χ1v) is 9.89. The lowest BCUT2D eigenvalue weighted by Gasteiger charge is -2.20. The Morgan fingerprint density at radius 2 is 1.67 bits per heavy atom. The molecular weight excluding hydrogens is 346 g/mol. The first kappa shape index (κ1) is 17.0. The second-order valence-corrected chi connectivity index (χ2v) is 8.53. The van der Waals surface area contributed by atoms with Crippen LogP contribution in [0.4, 0.5) is 0 Å². The topological polar surface area (TPSA) is 54.5 Å². The highest BCUT2D eigenvalue weighted by molar-refractivity contribution is 7.91. The van der Waals surface area contributed by atoms with E-state index >= 15 is 0 Å². The molecule has 1 atom stereocenters. The zero-order valence-corrected chi connectivity index (χ0v) is 14.6. The van der Waals surface area contributed by atoms with Crippen molar-refractivity contribution < 1.29 is 13.2 Å². The van der Waals surface area contributed by atoms with E-state index < -0.39 is 15.1 Å². The lowest BCUT2D eigenvalue weighted by Crippen LogP contribution is -2.33. The summed E-state index contributed by atoms with van der Waals surface area (Å²) in [6.07, 6.45) is 0.352. The fourth-order valence-corrected chi connectivity index (χ4v) is 5.14. The molecule has 0 saturated carbocycles. The van der Waals surface area contributed by atoms with Gasteiger partial charge in [0.2, 0.25) is 0 Å². The molecule has 1 amide bonds. The molecule has 0 spiro atoms. The van der Waals surface area contributed by atoms with Crippen molar-refractivity contribution in [1.29, 1.82) is 0 Å². The summed E-state index contributed by atoms with van der Waals surface area (Å²) in [7, 11) is -3.36. The van der Waals surface area contributed by atoms with Crippen LogP contribution >= 0.6 is 11.6 Å². The van der Waals surface area contributed by atoms with Gasteiger partial charge in [-0.1, -0.05) is 48.0 Å². The highest BCUT2D eigenvalue weighted by atomic mass is 35.5. The van der Waals surface area contributed by atoms with E-state index in [1.54, 1.807) is 53.4 Å². The molecule has 1 fully saturated rings. The standard InChI is InChI=1S/C18H18ClNO3S/c19-16-9-5-4-8-15(16)17-10-11-20(12-13-24(17,22)23)18(21)14-6-2-1-3-7-14/h1-9,17H,10-13H2. The Hall–Kier alpha value is -1.85. The normalized spacial score (nSPS) is 20.4. The van der Waals surface area contributed by atoms with Crippen molar-refractivity contribution in [2.24, 2.45) is 0 Å². The van der Waals surface area contributed by atoms with Gasteiger partial charge in [-0.05, 0) is 30.2 Å². The van der Waals surface area contributed by atoms with E-state index in [4.69, 9.17) is 11.6 Å². The Balaban J connectivity index is 1.85. The first-order valence-electron chi connectivity index (χ1n) is 7.79. The number of rotatable bonds is 2. The number of halogens is 1. The quantitative estimate of drug-likeness (QED) is 0.822. The highest BCUT2D eigenvalue weighted by Crippen LogP contribution is 2.34. The predicted octanol–water partition coefficient (Wildman–Crippen LogP) is 3.34. The number of sulfone groups is 1. The molecule has 0 aromatic heterocycles. The van der Waals surface area contributed by atoms with E-state index in [2.05, 4.69) is 0 Å². The van der Waals surface area contributed by atoms with Gasteiger partial charge in [-0.25, -0.2) is 8.42 Å². The van der Waals surface area contributed by atoms with Crippen molar-refractivity contribution in [2.75, 3.05) is 18.8 Å². The van der Waals surface area contributed by atoms with Crippen LogP contribution in [-0.4, -0.2) is 38.1 Å². The number of hydrogen-bond acceptors (Lipinski definition) is 3. The molecule has 1 aliphatic heterocycles. The number of hydrogen-bond donors (Lipinski definition) is 0. The monoisotopic (exact) mass is 363 g/mol. The molecule has 0 bridgehead atoms. The van der Waals surface area contributed by atoms with Gasteiger partial charge in [0.25, 0.3) is 5.91 Å². The van der Waals surface area contributed by atoms with Gasteiger partial charge in [-0.15, -0.1) is 0 Å². The van der Waals surface area contributed by atoms with Crippen molar-refractivity contribution in [2.45, 2.75) is 11.7 Å². The average molecular weight is 364 g/mol. The zero-order chi connectivity index (χ0) is 17.2. The van der Waals surface area contributed by atoms with Crippen LogP contribution in [0.15, 0.2) is 54.6 Å². The molecule has 3 rings (SSSR count). The van der Waals surface area contributed by atoms with E-state index in [0.29, 0.717) is 29.1 Å². The number of nitrogens with zero attached hydrogens (tertiary/aromatic N) is 1. The van der Waals surface area contributed by atoms with Crippen LogP contribution in [0.3, 0.4) is 0 Å². The molecule has 1 aliphatic rings. The van der Waals surface area contributed by atoms with E-state index in [9.17, 15) is 13.2 Å². The Bertz CT molecular complexity index is 836. The third-order valence-electron chi connectivity index (χ3n) is 4.30. The van der Waals surface area contributed by atoms with Crippen LogP contribution in [0.25, 0.3) is 0 Å². The Kier molecular flexibility index (Phi) is 4.92. The number of amides is 1. The lowest BCUT2D eigenvalue weighted by molar-refractivity contribution is 0.0766. The molecule has 0 radical (unpaired) electrons. The predicted molar refractivity (Wildman–Crippen MR) is 94.9 cm³/mol. The third-order valence-corrected chi connectivity index (χ3v) is 6.75. The van der Waals surface area contributed by atoms with Gasteiger partial charge in [-0.2, -0.15) is 0 Å². The molecule has 4 nitrogen and oxygen atoms in total. The third kappa shape index (κ3) is 3.47. The van der Waals surface area contributed by atoms with E-state index in [-0.39, 0.29) is 18.2 Å². The van der Waals surface area contributed by atoms with Crippen molar-refractivity contribution in [3.8, 4) is 0 Å². The summed E-state index contributed by atoms with van der Waals surface area (Å²) in [6, 6.07) is 15.9. The van der Waals surface area contributed by atoms with Gasteiger partial charge in [0.05, 0.1) is 11.0 Å². The SMILES string of the molecule is O=C(c1ccccc1)N1CCC(c2ccccc2Cl)S(=O)(=O)CC1. The first-order chi connectivity index (χ1) is 11.5. The summed E-state index contributed by atoms with van der Waals surface area (Å²) in [4.78, 5) is 14.2.